The average Bonchev–Trinajstić information content (AvgIpc) is 3.04. The normalized spacial score (nSPS) is 17.9. The molecule has 1 aromatic heterocycles. The molecule has 0 aliphatic carbocycles. The number of carbonyl (C=O) groups excluding carboxylic acids is 1. The summed E-state index contributed by atoms with van der Waals surface area (Å²) in [6, 6.07) is 0. The van der Waals surface area contributed by atoms with E-state index in [9.17, 15) is 19.7 Å². The summed E-state index contributed by atoms with van der Waals surface area (Å²) < 4.78 is 1.50. The monoisotopic (exact) mass is 296 g/mol. The van der Waals surface area contributed by atoms with E-state index in [0.717, 1.165) is 0 Å². The predicted octanol–water partition coefficient (Wildman–Crippen LogP) is 0.505. The van der Waals surface area contributed by atoms with Crippen LogP contribution in [0.3, 0.4) is 0 Å². The molecule has 1 amide bonds. The van der Waals surface area contributed by atoms with Crippen LogP contribution in [0, 0.1) is 16.0 Å². The van der Waals surface area contributed by atoms with Gasteiger partial charge in [-0.2, -0.15) is 0 Å². The largest absolute Gasteiger partial charge is 0.481 e. The van der Waals surface area contributed by atoms with Crippen LogP contribution in [0.1, 0.15) is 19.3 Å². The number of rotatable bonds is 6. The standard InChI is InChI=1S/C12H16N4O5/c17-11(15-4-1-9(6-15)5-12(18)19)2-3-14-7-10(13-8-14)16(20)21/h7-9H,1-6H2,(H,18,19). The number of likely N-dealkylation sites (tertiary alicyclic amines) is 1. The van der Waals surface area contributed by atoms with Crippen molar-refractivity contribution in [1.82, 2.24) is 14.5 Å². The number of hydrogen-bond acceptors (Lipinski definition) is 5. The molecule has 2 heterocycles. The van der Waals surface area contributed by atoms with Gasteiger partial charge in [0.25, 0.3) is 0 Å². The van der Waals surface area contributed by atoms with Crippen molar-refractivity contribution in [2.75, 3.05) is 13.1 Å². The Labute approximate surface area is 120 Å². The molecular weight excluding hydrogens is 280 g/mol. The summed E-state index contributed by atoms with van der Waals surface area (Å²) in [5, 5.41) is 19.2. The van der Waals surface area contributed by atoms with Gasteiger partial charge in [0, 0.05) is 32.5 Å². The maximum Gasteiger partial charge on any atom is 0.381 e. The average molecular weight is 296 g/mol. The maximum absolute atomic E-state index is 12.0. The fourth-order valence-corrected chi connectivity index (χ4v) is 2.42. The van der Waals surface area contributed by atoms with Crippen molar-refractivity contribution in [2.45, 2.75) is 25.8 Å². The summed E-state index contributed by atoms with van der Waals surface area (Å²) in [5.74, 6) is -1.15. The van der Waals surface area contributed by atoms with Gasteiger partial charge < -0.3 is 24.7 Å². The number of carbonyl (C=O) groups is 2. The molecule has 0 saturated carbocycles. The molecule has 0 aromatic carbocycles. The highest BCUT2D eigenvalue weighted by molar-refractivity contribution is 5.76. The van der Waals surface area contributed by atoms with Crippen LogP contribution in [0.4, 0.5) is 5.82 Å². The smallest absolute Gasteiger partial charge is 0.381 e. The summed E-state index contributed by atoms with van der Waals surface area (Å²) in [7, 11) is 0. The quantitative estimate of drug-likeness (QED) is 0.603. The lowest BCUT2D eigenvalue weighted by atomic mass is 10.1. The number of carboxylic acids is 1. The second-order valence-corrected chi connectivity index (χ2v) is 5.07. The molecule has 0 radical (unpaired) electrons. The molecule has 9 heteroatoms. The third-order valence-corrected chi connectivity index (χ3v) is 3.49. The summed E-state index contributed by atoms with van der Waals surface area (Å²) in [6.45, 7) is 1.36. The first kappa shape index (κ1) is 14.9. The molecule has 1 saturated heterocycles. The number of aryl methyl sites for hydroxylation is 1. The van der Waals surface area contributed by atoms with Gasteiger partial charge in [0.15, 0.2) is 0 Å². The van der Waals surface area contributed by atoms with Crippen LogP contribution in [0.2, 0.25) is 0 Å². The Bertz CT molecular complexity index is 556. The molecule has 0 spiro atoms. The van der Waals surface area contributed by atoms with Gasteiger partial charge in [-0.3, -0.25) is 9.59 Å². The van der Waals surface area contributed by atoms with E-state index in [1.165, 1.54) is 17.1 Å². The molecular formula is C12H16N4O5. The van der Waals surface area contributed by atoms with Gasteiger partial charge in [-0.15, -0.1) is 0 Å². The summed E-state index contributed by atoms with van der Waals surface area (Å²) >= 11 is 0. The molecule has 1 atom stereocenters. The van der Waals surface area contributed by atoms with E-state index in [1.807, 2.05) is 0 Å². The minimum Gasteiger partial charge on any atom is -0.481 e. The Hall–Kier alpha value is -2.45. The highest BCUT2D eigenvalue weighted by Crippen LogP contribution is 2.20. The summed E-state index contributed by atoms with van der Waals surface area (Å²) in [5.41, 5.74) is 0. The van der Waals surface area contributed by atoms with Crippen molar-refractivity contribution >= 4 is 17.7 Å². The van der Waals surface area contributed by atoms with Gasteiger partial charge >= 0.3 is 11.8 Å². The van der Waals surface area contributed by atoms with Gasteiger partial charge in [0.2, 0.25) is 12.2 Å². The molecule has 1 N–H and O–H groups in total. The number of amides is 1. The van der Waals surface area contributed by atoms with Crippen molar-refractivity contribution < 1.29 is 19.6 Å². The lowest BCUT2D eigenvalue weighted by Gasteiger charge is -2.16. The summed E-state index contributed by atoms with van der Waals surface area (Å²) in [6.07, 6.45) is 3.60. The van der Waals surface area contributed by atoms with Crippen molar-refractivity contribution in [2.24, 2.45) is 5.92 Å². The van der Waals surface area contributed by atoms with Gasteiger partial charge in [-0.25, -0.2) is 0 Å². The third kappa shape index (κ3) is 4.01. The number of aromatic nitrogens is 2. The van der Waals surface area contributed by atoms with Crippen LogP contribution >= 0.6 is 0 Å². The van der Waals surface area contributed by atoms with Crippen molar-refractivity contribution in [1.29, 1.82) is 0 Å². The molecule has 9 nitrogen and oxygen atoms in total. The SMILES string of the molecule is O=C(O)CC1CCN(C(=O)CCn2cnc([N+](=O)[O-])c2)C1. The zero-order chi connectivity index (χ0) is 15.4. The van der Waals surface area contributed by atoms with Gasteiger partial charge in [-0.05, 0) is 22.2 Å². The molecule has 21 heavy (non-hydrogen) atoms. The first-order valence-corrected chi connectivity index (χ1v) is 6.61. The molecule has 114 valence electrons. The van der Waals surface area contributed by atoms with Crippen LogP contribution in [0.15, 0.2) is 12.5 Å². The number of carboxylic acid groups (broad SMARTS) is 1. The van der Waals surface area contributed by atoms with Crippen LogP contribution < -0.4 is 0 Å². The Kier molecular flexibility index (Phi) is 4.51. The zero-order valence-electron chi connectivity index (χ0n) is 11.3. The minimum atomic E-state index is -0.847. The lowest BCUT2D eigenvalue weighted by molar-refractivity contribution is -0.389. The third-order valence-electron chi connectivity index (χ3n) is 3.49. The number of aliphatic carboxylic acids is 1. The molecule has 0 bridgehead atoms. The van der Waals surface area contributed by atoms with Crippen LogP contribution in [-0.4, -0.2) is 49.4 Å². The summed E-state index contributed by atoms with van der Waals surface area (Å²) in [4.78, 5) is 37.8. The van der Waals surface area contributed by atoms with Crippen molar-refractivity contribution in [3.05, 3.63) is 22.6 Å². The molecule has 1 unspecified atom stereocenters. The number of nitrogens with zero attached hydrogens (tertiary/aromatic N) is 4. The topological polar surface area (TPSA) is 119 Å². The van der Waals surface area contributed by atoms with Crippen molar-refractivity contribution in [3.8, 4) is 0 Å². The zero-order valence-corrected chi connectivity index (χ0v) is 11.3. The Balaban J connectivity index is 1.79. The number of imidazole rings is 1. The van der Waals surface area contributed by atoms with E-state index >= 15 is 0 Å². The van der Waals surface area contributed by atoms with E-state index in [1.54, 1.807) is 4.90 Å². The highest BCUT2D eigenvalue weighted by atomic mass is 16.6. The van der Waals surface area contributed by atoms with Gasteiger partial charge in [-0.1, -0.05) is 0 Å². The molecule has 1 fully saturated rings. The fourth-order valence-electron chi connectivity index (χ4n) is 2.42. The Morgan fingerprint density at radius 3 is 2.90 bits per heavy atom. The second-order valence-electron chi connectivity index (χ2n) is 5.07. The van der Waals surface area contributed by atoms with E-state index in [4.69, 9.17) is 5.11 Å². The van der Waals surface area contributed by atoms with Gasteiger partial charge in [0.05, 0.1) is 0 Å². The van der Waals surface area contributed by atoms with Gasteiger partial charge in [0.1, 0.15) is 6.20 Å². The van der Waals surface area contributed by atoms with E-state index in [0.29, 0.717) is 26.1 Å². The first-order valence-electron chi connectivity index (χ1n) is 6.61. The number of nitro groups is 1. The molecule has 1 aliphatic rings. The molecule has 1 aromatic rings. The van der Waals surface area contributed by atoms with Crippen LogP contribution in [-0.2, 0) is 16.1 Å². The Morgan fingerprint density at radius 1 is 1.52 bits per heavy atom. The van der Waals surface area contributed by atoms with E-state index in [-0.39, 0.29) is 30.5 Å². The highest BCUT2D eigenvalue weighted by Gasteiger charge is 2.27. The van der Waals surface area contributed by atoms with Crippen LogP contribution in [0.5, 0.6) is 0 Å². The van der Waals surface area contributed by atoms with E-state index in [2.05, 4.69) is 4.98 Å². The predicted molar refractivity (Wildman–Crippen MR) is 70.4 cm³/mol. The fraction of sp³-hybridized carbons (Fsp3) is 0.583. The maximum atomic E-state index is 12.0. The first-order chi connectivity index (χ1) is 9.95. The van der Waals surface area contributed by atoms with Crippen molar-refractivity contribution in [3.63, 3.8) is 0 Å². The lowest BCUT2D eigenvalue weighted by Crippen LogP contribution is -2.29. The number of hydrogen-bond donors (Lipinski definition) is 1. The van der Waals surface area contributed by atoms with E-state index < -0.39 is 10.9 Å². The van der Waals surface area contributed by atoms with Crippen LogP contribution in [0.25, 0.3) is 0 Å². The second kappa shape index (κ2) is 6.33. The molecule has 1 aliphatic heterocycles. The minimum absolute atomic E-state index is 0.0146. The Morgan fingerprint density at radius 2 is 2.29 bits per heavy atom. The molecule has 2 rings (SSSR count).